The quantitative estimate of drug-likeness (QED) is 0.637. The number of methoxy groups -OCH3 is 2. The Morgan fingerprint density at radius 2 is 2.05 bits per heavy atom. The molecule has 4 nitrogen and oxygen atoms in total. The average molecular weight is 314 g/mol. The van der Waals surface area contributed by atoms with Gasteiger partial charge in [-0.15, -0.1) is 11.3 Å². The summed E-state index contributed by atoms with van der Waals surface area (Å²) in [5.41, 5.74) is 1.24. The van der Waals surface area contributed by atoms with Crippen molar-refractivity contribution in [2.45, 2.75) is 0 Å². The van der Waals surface area contributed by atoms with Crippen molar-refractivity contribution >= 4 is 29.1 Å². The van der Waals surface area contributed by atoms with Crippen LogP contribution in [0.25, 0.3) is 11.8 Å². The molecule has 0 aliphatic carbocycles. The minimum absolute atomic E-state index is 0.367. The summed E-state index contributed by atoms with van der Waals surface area (Å²) in [6, 6.07) is 9.26. The lowest BCUT2D eigenvalue weighted by Gasteiger charge is -2.07. The van der Waals surface area contributed by atoms with Crippen molar-refractivity contribution in [1.82, 2.24) is 0 Å². The Bertz CT molecular complexity index is 757. The maximum absolute atomic E-state index is 12.0. The summed E-state index contributed by atoms with van der Waals surface area (Å²) in [6.45, 7) is 0. The highest BCUT2D eigenvalue weighted by Crippen LogP contribution is 2.32. The van der Waals surface area contributed by atoms with E-state index in [2.05, 4.69) is 0 Å². The van der Waals surface area contributed by atoms with Crippen molar-refractivity contribution in [1.29, 1.82) is 0 Å². The van der Waals surface area contributed by atoms with Crippen molar-refractivity contribution in [3.05, 3.63) is 57.8 Å². The van der Waals surface area contributed by atoms with E-state index in [0.717, 1.165) is 10.4 Å². The number of hydrogen-bond donors (Lipinski definition) is 0. The number of ether oxygens (including phenoxy) is 3. The van der Waals surface area contributed by atoms with Crippen molar-refractivity contribution in [2.75, 3.05) is 14.2 Å². The summed E-state index contributed by atoms with van der Waals surface area (Å²) in [7, 11) is 3.18. The van der Waals surface area contributed by atoms with Gasteiger partial charge in [0, 0.05) is 5.56 Å². The van der Waals surface area contributed by atoms with E-state index in [1.54, 1.807) is 38.5 Å². The van der Waals surface area contributed by atoms with Gasteiger partial charge in [0.15, 0.2) is 0 Å². The van der Waals surface area contributed by atoms with Gasteiger partial charge in [-0.25, -0.2) is 4.79 Å². The van der Waals surface area contributed by atoms with Crippen LogP contribution < -0.4 is 9.47 Å². The molecule has 1 aliphatic heterocycles. The number of cyclic esters (lactones) is 1. The third kappa shape index (κ3) is 2.76. The molecule has 0 fully saturated rings. The fourth-order valence-corrected chi connectivity index (χ4v) is 2.83. The van der Waals surface area contributed by atoms with Gasteiger partial charge in [0.1, 0.15) is 17.3 Å². The summed E-state index contributed by atoms with van der Waals surface area (Å²) < 4.78 is 15.8. The van der Waals surface area contributed by atoms with Crippen LogP contribution in [0, 0.1) is 0 Å². The molecule has 0 unspecified atom stereocenters. The molecule has 22 heavy (non-hydrogen) atoms. The molecule has 0 amide bonds. The van der Waals surface area contributed by atoms with Gasteiger partial charge >= 0.3 is 5.97 Å². The van der Waals surface area contributed by atoms with E-state index < -0.39 is 0 Å². The summed E-state index contributed by atoms with van der Waals surface area (Å²) in [5, 5.41) is 1.94. The van der Waals surface area contributed by atoms with Crippen molar-refractivity contribution in [3.63, 3.8) is 0 Å². The molecular weight excluding hydrogens is 300 g/mol. The number of rotatable bonds is 4. The second kappa shape index (κ2) is 6.07. The average Bonchev–Trinajstić information content (AvgIpc) is 3.17. The van der Waals surface area contributed by atoms with Gasteiger partial charge < -0.3 is 14.2 Å². The highest BCUT2D eigenvalue weighted by Gasteiger charge is 2.23. The molecule has 2 aromatic rings. The second-order valence-electron chi connectivity index (χ2n) is 4.58. The van der Waals surface area contributed by atoms with E-state index >= 15 is 0 Å². The van der Waals surface area contributed by atoms with E-state index in [0.29, 0.717) is 22.8 Å². The molecule has 1 aromatic heterocycles. The van der Waals surface area contributed by atoms with Gasteiger partial charge in [-0.2, -0.15) is 0 Å². The molecule has 5 heteroatoms. The number of carbonyl (C=O) groups excluding carboxylic acids is 1. The number of carbonyl (C=O) groups is 1. The largest absolute Gasteiger partial charge is 0.497 e. The van der Waals surface area contributed by atoms with Crippen molar-refractivity contribution in [2.24, 2.45) is 0 Å². The molecule has 112 valence electrons. The normalized spacial score (nSPS) is 15.6. The third-order valence-electron chi connectivity index (χ3n) is 3.24. The molecule has 1 aromatic carbocycles. The first-order valence-corrected chi connectivity index (χ1v) is 7.50. The smallest absolute Gasteiger partial charge is 0.343 e. The molecule has 0 radical (unpaired) electrons. The van der Waals surface area contributed by atoms with E-state index in [-0.39, 0.29) is 5.97 Å². The molecule has 0 atom stereocenters. The fourth-order valence-electron chi connectivity index (χ4n) is 2.15. The van der Waals surface area contributed by atoms with Crippen LogP contribution in [0.3, 0.4) is 0 Å². The minimum Gasteiger partial charge on any atom is -0.497 e. The molecule has 3 rings (SSSR count). The molecule has 0 saturated heterocycles. The Morgan fingerprint density at radius 3 is 2.73 bits per heavy atom. The lowest BCUT2D eigenvalue weighted by molar-refractivity contribution is -0.130. The van der Waals surface area contributed by atoms with Gasteiger partial charge in [0.25, 0.3) is 0 Å². The fraction of sp³-hybridized carbons (Fsp3) is 0.118. The summed E-state index contributed by atoms with van der Waals surface area (Å²) in [6.07, 6.45) is 3.48. The predicted molar refractivity (Wildman–Crippen MR) is 85.9 cm³/mol. The maximum Gasteiger partial charge on any atom is 0.343 e. The highest BCUT2D eigenvalue weighted by atomic mass is 32.1. The monoisotopic (exact) mass is 314 g/mol. The Labute approximate surface area is 132 Å². The maximum atomic E-state index is 12.0. The number of benzene rings is 1. The van der Waals surface area contributed by atoms with Crippen LogP contribution in [0.1, 0.15) is 10.4 Å². The topological polar surface area (TPSA) is 44.8 Å². The van der Waals surface area contributed by atoms with Gasteiger partial charge in [0.2, 0.25) is 0 Å². The first kappa shape index (κ1) is 14.4. The van der Waals surface area contributed by atoms with Crippen molar-refractivity contribution < 1.29 is 19.0 Å². The summed E-state index contributed by atoms with van der Waals surface area (Å²) in [5.74, 6) is 1.57. The second-order valence-corrected chi connectivity index (χ2v) is 5.53. The number of hydrogen-bond acceptors (Lipinski definition) is 5. The van der Waals surface area contributed by atoms with Gasteiger partial charge in [0.05, 0.1) is 24.7 Å². The molecule has 0 spiro atoms. The van der Waals surface area contributed by atoms with Gasteiger partial charge in [-0.05, 0) is 41.8 Å². The zero-order valence-electron chi connectivity index (χ0n) is 12.2. The Hall–Kier alpha value is -2.53. The number of esters is 1. The zero-order valence-corrected chi connectivity index (χ0v) is 13.0. The van der Waals surface area contributed by atoms with E-state index in [9.17, 15) is 4.79 Å². The van der Waals surface area contributed by atoms with Crippen LogP contribution >= 0.6 is 11.3 Å². The lowest BCUT2D eigenvalue weighted by Crippen LogP contribution is -1.97. The first-order chi connectivity index (χ1) is 10.7. The summed E-state index contributed by atoms with van der Waals surface area (Å²) >= 11 is 1.53. The standard InChI is InChI=1S/C17H14O4S/c1-19-13-5-6-14(20-2)11(9-13)8-12-10-15(21-17(12)18)16-4-3-7-22-16/h3-10H,1-2H3/b12-8+. The van der Waals surface area contributed by atoms with Gasteiger partial charge in [-0.3, -0.25) is 0 Å². The number of thiophene rings is 1. The van der Waals surface area contributed by atoms with Gasteiger partial charge in [-0.1, -0.05) is 6.07 Å². The SMILES string of the molecule is COc1ccc(OC)c(/C=C2\C=C(c3cccs3)OC2=O)c1. The Balaban J connectivity index is 1.99. The minimum atomic E-state index is -0.367. The zero-order chi connectivity index (χ0) is 15.5. The summed E-state index contributed by atoms with van der Waals surface area (Å²) in [4.78, 5) is 13.0. The van der Waals surface area contributed by atoms with E-state index in [1.807, 2.05) is 23.6 Å². The molecular formula is C17H14O4S. The highest BCUT2D eigenvalue weighted by molar-refractivity contribution is 7.11. The predicted octanol–water partition coefficient (Wildman–Crippen LogP) is 3.75. The van der Waals surface area contributed by atoms with E-state index in [1.165, 1.54) is 11.3 Å². The Morgan fingerprint density at radius 1 is 1.18 bits per heavy atom. The van der Waals surface area contributed by atoms with Crippen LogP contribution in [0.15, 0.2) is 47.4 Å². The molecule has 2 heterocycles. The molecule has 1 aliphatic rings. The van der Waals surface area contributed by atoms with Crippen LogP contribution in [-0.2, 0) is 9.53 Å². The first-order valence-electron chi connectivity index (χ1n) is 6.63. The lowest BCUT2D eigenvalue weighted by atomic mass is 10.1. The van der Waals surface area contributed by atoms with Crippen LogP contribution in [0.5, 0.6) is 11.5 Å². The van der Waals surface area contributed by atoms with Crippen LogP contribution in [0.4, 0.5) is 0 Å². The van der Waals surface area contributed by atoms with Crippen LogP contribution in [-0.4, -0.2) is 20.2 Å². The Kier molecular flexibility index (Phi) is 3.98. The molecule has 0 bridgehead atoms. The molecule has 0 N–H and O–H groups in total. The molecule has 0 saturated carbocycles. The third-order valence-corrected chi connectivity index (χ3v) is 4.12. The van der Waals surface area contributed by atoms with E-state index in [4.69, 9.17) is 14.2 Å². The van der Waals surface area contributed by atoms with Crippen LogP contribution in [0.2, 0.25) is 0 Å². The van der Waals surface area contributed by atoms with Crippen molar-refractivity contribution in [3.8, 4) is 11.5 Å².